The third kappa shape index (κ3) is 2.41. The summed E-state index contributed by atoms with van der Waals surface area (Å²) < 4.78 is 14.0. The van der Waals surface area contributed by atoms with E-state index in [1.54, 1.807) is 6.07 Å². The number of hydrogen-bond acceptors (Lipinski definition) is 2. The lowest BCUT2D eigenvalue weighted by atomic mass is 9.82. The summed E-state index contributed by atoms with van der Waals surface area (Å²) in [5.41, 5.74) is -1.45. The van der Waals surface area contributed by atoms with Crippen LogP contribution in [0.15, 0.2) is 22.7 Å². The van der Waals surface area contributed by atoms with Crippen LogP contribution < -0.4 is 0 Å². The van der Waals surface area contributed by atoms with Gasteiger partial charge in [0.25, 0.3) is 0 Å². The zero-order chi connectivity index (χ0) is 12.5. The van der Waals surface area contributed by atoms with Crippen molar-refractivity contribution in [1.82, 2.24) is 0 Å². The fourth-order valence-electron chi connectivity index (χ4n) is 1.23. The van der Waals surface area contributed by atoms with Crippen molar-refractivity contribution >= 4 is 21.9 Å². The van der Waals surface area contributed by atoms with Gasteiger partial charge < -0.3 is 10.2 Å². The summed E-state index contributed by atoms with van der Waals surface area (Å²) >= 11 is 3.09. The summed E-state index contributed by atoms with van der Waals surface area (Å²) in [6.45, 7) is 2.70. The molecule has 0 bridgehead atoms. The molecule has 16 heavy (non-hydrogen) atoms. The standard InChI is InChI=1S/C11H12BrFO3/c1-11(2,10(15)16)9(14)7-4-3-6(12)5-8(7)13/h3-5,9,14H,1-2H3,(H,15,16). The monoisotopic (exact) mass is 290 g/mol. The number of aliphatic carboxylic acids is 1. The maximum Gasteiger partial charge on any atom is 0.312 e. The summed E-state index contributed by atoms with van der Waals surface area (Å²) in [5.74, 6) is -1.81. The Hall–Kier alpha value is -0.940. The molecule has 0 heterocycles. The highest BCUT2D eigenvalue weighted by atomic mass is 79.9. The van der Waals surface area contributed by atoms with Gasteiger partial charge in [-0.3, -0.25) is 4.79 Å². The first kappa shape index (κ1) is 13.1. The van der Waals surface area contributed by atoms with Crippen molar-refractivity contribution in [1.29, 1.82) is 0 Å². The number of aliphatic hydroxyl groups is 1. The Kier molecular flexibility index (Phi) is 3.70. The molecule has 0 aliphatic carbocycles. The van der Waals surface area contributed by atoms with Crippen LogP contribution in [0.1, 0.15) is 25.5 Å². The average molecular weight is 291 g/mol. The van der Waals surface area contributed by atoms with Gasteiger partial charge in [0.2, 0.25) is 0 Å². The Balaban J connectivity index is 3.14. The molecular weight excluding hydrogens is 279 g/mol. The molecule has 0 aliphatic rings. The first-order valence-corrected chi connectivity index (χ1v) is 5.42. The van der Waals surface area contributed by atoms with Crippen LogP contribution in [0, 0.1) is 11.2 Å². The first-order chi connectivity index (χ1) is 7.26. The van der Waals surface area contributed by atoms with E-state index in [0.29, 0.717) is 4.47 Å². The number of benzene rings is 1. The predicted molar refractivity (Wildman–Crippen MR) is 60.5 cm³/mol. The fraction of sp³-hybridized carbons (Fsp3) is 0.364. The number of hydrogen-bond donors (Lipinski definition) is 2. The van der Waals surface area contributed by atoms with Gasteiger partial charge in [-0.05, 0) is 26.0 Å². The molecule has 0 fully saturated rings. The molecule has 5 heteroatoms. The Morgan fingerprint density at radius 3 is 2.50 bits per heavy atom. The second-order valence-electron chi connectivity index (χ2n) is 4.10. The maximum atomic E-state index is 13.5. The molecule has 0 aliphatic heterocycles. The van der Waals surface area contributed by atoms with Crippen LogP contribution in [0.4, 0.5) is 4.39 Å². The SMILES string of the molecule is CC(C)(C(=O)O)C(O)c1ccc(Br)cc1F. The van der Waals surface area contributed by atoms with E-state index in [9.17, 15) is 14.3 Å². The number of carboxylic acids is 1. The number of aliphatic hydroxyl groups excluding tert-OH is 1. The molecule has 0 radical (unpaired) electrons. The van der Waals surface area contributed by atoms with Gasteiger partial charge in [-0.15, -0.1) is 0 Å². The van der Waals surface area contributed by atoms with Crippen molar-refractivity contribution in [2.45, 2.75) is 20.0 Å². The van der Waals surface area contributed by atoms with E-state index < -0.39 is 23.3 Å². The second-order valence-corrected chi connectivity index (χ2v) is 5.01. The zero-order valence-electron chi connectivity index (χ0n) is 8.87. The van der Waals surface area contributed by atoms with Gasteiger partial charge in [-0.2, -0.15) is 0 Å². The molecule has 88 valence electrons. The number of carbonyl (C=O) groups is 1. The Morgan fingerprint density at radius 2 is 2.06 bits per heavy atom. The minimum absolute atomic E-state index is 0.0180. The molecule has 1 rings (SSSR count). The van der Waals surface area contributed by atoms with Crippen LogP contribution in [0.2, 0.25) is 0 Å². The molecule has 3 nitrogen and oxygen atoms in total. The minimum Gasteiger partial charge on any atom is -0.481 e. The molecule has 1 atom stereocenters. The molecule has 0 spiro atoms. The van der Waals surface area contributed by atoms with E-state index in [1.807, 2.05) is 0 Å². The highest BCUT2D eigenvalue weighted by Gasteiger charge is 2.37. The van der Waals surface area contributed by atoms with Gasteiger partial charge >= 0.3 is 5.97 Å². The average Bonchev–Trinajstić information content (AvgIpc) is 2.16. The summed E-state index contributed by atoms with van der Waals surface area (Å²) in [7, 11) is 0. The van der Waals surface area contributed by atoms with Crippen LogP contribution in [0.3, 0.4) is 0 Å². The summed E-state index contributed by atoms with van der Waals surface area (Å²) in [6.07, 6.45) is -1.39. The molecule has 1 aromatic carbocycles. The Morgan fingerprint density at radius 1 is 1.50 bits per heavy atom. The molecule has 0 amide bonds. The van der Waals surface area contributed by atoms with Crippen LogP contribution in [-0.4, -0.2) is 16.2 Å². The van der Waals surface area contributed by atoms with Crippen molar-refractivity contribution in [3.8, 4) is 0 Å². The van der Waals surface area contributed by atoms with Gasteiger partial charge in [0.05, 0.1) is 11.5 Å². The van der Waals surface area contributed by atoms with E-state index >= 15 is 0 Å². The largest absolute Gasteiger partial charge is 0.481 e. The summed E-state index contributed by atoms with van der Waals surface area (Å²) in [4.78, 5) is 10.9. The van der Waals surface area contributed by atoms with Crippen molar-refractivity contribution < 1.29 is 19.4 Å². The molecule has 0 saturated carbocycles. The molecular formula is C11H12BrFO3. The molecule has 2 N–H and O–H groups in total. The first-order valence-electron chi connectivity index (χ1n) is 4.63. The molecule has 0 aromatic heterocycles. The Bertz CT molecular complexity index is 418. The molecule has 0 saturated heterocycles. The van der Waals surface area contributed by atoms with Gasteiger partial charge in [0.15, 0.2) is 0 Å². The van der Waals surface area contributed by atoms with Crippen molar-refractivity contribution in [2.24, 2.45) is 5.41 Å². The topological polar surface area (TPSA) is 57.5 Å². The highest BCUT2D eigenvalue weighted by molar-refractivity contribution is 9.10. The van der Waals surface area contributed by atoms with Crippen molar-refractivity contribution in [3.05, 3.63) is 34.1 Å². The van der Waals surface area contributed by atoms with Crippen LogP contribution in [0.25, 0.3) is 0 Å². The van der Waals surface area contributed by atoms with Crippen LogP contribution in [0.5, 0.6) is 0 Å². The third-order valence-corrected chi connectivity index (χ3v) is 2.99. The second kappa shape index (κ2) is 4.51. The minimum atomic E-state index is -1.44. The van der Waals surface area contributed by atoms with Crippen molar-refractivity contribution in [2.75, 3.05) is 0 Å². The molecule has 1 aromatic rings. The van der Waals surface area contributed by atoms with E-state index in [-0.39, 0.29) is 5.56 Å². The third-order valence-electron chi connectivity index (χ3n) is 2.49. The van der Waals surface area contributed by atoms with Crippen LogP contribution >= 0.6 is 15.9 Å². The summed E-state index contributed by atoms with van der Waals surface area (Å²) in [5, 5.41) is 18.8. The van der Waals surface area contributed by atoms with E-state index in [1.165, 1.54) is 26.0 Å². The smallest absolute Gasteiger partial charge is 0.312 e. The highest BCUT2D eigenvalue weighted by Crippen LogP contribution is 2.35. The molecule has 1 unspecified atom stereocenters. The normalized spacial score (nSPS) is 13.6. The Labute approximate surface area is 101 Å². The lowest BCUT2D eigenvalue weighted by Gasteiger charge is -2.26. The van der Waals surface area contributed by atoms with Gasteiger partial charge in [-0.25, -0.2) is 4.39 Å². The number of carboxylic acid groups (broad SMARTS) is 1. The van der Waals surface area contributed by atoms with Gasteiger partial charge in [0.1, 0.15) is 5.82 Å². The lowest BCUT2D eigenvalue weighted by Crippen LogP contribution is -2.31. The van der Waals surface area contributed by atoms with Crippen LogP contribution in [-0.2, 0) is 4.79 Å². The predicted octanol–water partition coefficient (Wildman–Crippen LogP) is 2.73. The lowest BCUT2D eigenvalue weighted by molar-refractivity contribution is -0.153. The fourth-order valence-corrected chi connectivity index (χ4v) is 1.56. The van der Waals surface area contributed by atoms with E-state index in [0.717, 1.165) is 0 Å². The zero-order valence-corrected chi connectivity index (χ0v) is 10.5. The van der Waals surface area contributed by atoms with Gasteiger partial charge in [-0.1, -0.05) is 22.0 Å². The maximum absolute atomic E-state index is 13.5. The number of halogens is 2. The summed E-state index contributed by atoms with van der Waals surface area (Å²) in [6, 6.07) is 4.12. The quantitative estimate of drug-likeness (QED) is 0.900. The van der Waals surface area contributed by atoms with E-state index in [2.05, 4.69) is 15.9 Å². The number of rotatable bonds is 3. The van der Waals surface area contributed by atoms with Gasteiger partial charge in [0, 0.05) is 10.0 Å². The van der Waals surface area contributed by atoms with E-state index in [4.69, 9.17) is 5.11 Å². The van der Waals surface area contributed by atoms with Crippen molar-refractivity contribution in [3.63, 3.8) is 0 Å².